The van der Waals surface area contributed by atoms with Crippen molar-refractivity contribution in [1.82, 2.24) is 9.88 Å². The molecule has 0 atom stereocenters. The second-order valence-corrected chi connectivity index (χ2v) is 7.73. The number of hydrogen-bond acceptors (Lipinski definition) is 4. The summed E-state index contributed by atoms with van der Waals surface area (Å²) in [6.45, 7) is 9.53. The molecule has 1 aliphatic rings. The zero-order chi connectivity index (χ0) is 20.9. The number of carbonyl (C=O) groups excluding carboxylic acids is 1. The average Bonchev–Trinajstić information content (AvgIpc) is 2.78. The predicted octanol–water partition coefficient (Wildman–Crippen LogP) is 4.34. The van der Waals surface area contributed by atoms with Gasteiger partial charge in [0.2, 0.25) is 5.91 Å². The number of pyridine rings is 1. The molecule has 1 aliphatic heterocycles. The molecule has 3 aromatic rings. The number of hydrogen-bond donors (Lipinski definition) is 1. The van der Waals surface area contributed by atoms with Crippen molar-refractivity contribution in [2.24, 2.45) is 0 Å². The standard InChI is InChI=1S/C25H28N4O/c1-3-28-14-16-29(17-15-28)24-12-9-21-18-22(10-11-23(21)27-24)26-25(30)13-8-20-6-4-19(2)5-7-20/h4-13,18H,3,14-17H2,1-2H3,(H,26,30). The minimum absolute atomic E-state index is 0.145. The molecule has 0 radical (unpaired) electrons. The van der Waals surface area contributed by atoms with Crippen LogP contribution in [-0.2, 0) is 4.79 Å². The van der Waals surface area contributed by atoms with Gasteiger partial charge in [-0.25, -0.2) is 4.98 Å². The molecular formula is C25H28N4O. The van der Waals surface area contributed by atoms with Crippen LogP contribution in [-0.4, -0.2) is 48.5 Å². The van der Waals surface area contributed by atoms with Crippen LogP contribution in [0.15, 0.2) is 60.7 Å². The maximum atomic E-state index is 12.3. The maximum Gasteiger partial charge on any atom is 0.248 e. The van der Waals surface area contributed by atoms with E-state index in [0.717, 1.165) is 60.7 Å². The molecule has 5 heteroatoms. The molecule has 0 spiro atoms. The van der Waals surface area contributed by atoms with E-state index in [1.165, 1.54) is 5.56 Å². The molecule has 1 fully saturated rings. The van der Waals surface area contributed by atoms with E-state index in [-0.39, 0.29) is 5.91 Å². The Morgan fingerprint density at radius 2 is 1.80 bits per heavy atom. The second-order valence-electron chi connectivity index (χ2n) is 7.73. The average molecular weight is 401 g/mol. The molecule has 2 aromatic carbocycles. The first kappa shape index (κ1) is 20.1. The normalized spacial score (nSPS) is 15.1. The number of carbonyl (C=O) groups is 1. The molecule has 0 bridgehead atoms. The Kier molecular flexibility index (Phi) is 6.10. The molecule has 5 nitrogen and oxygen atoms in total. The van der Waals surface area contributed by atoms with Crippen LogP contribution in [0.3, 0.4) is 0 Å². The van der Waals surface area contributed by atoms with Crippen LogP contribution in [0.1, 0.15) is 18.1 Å². The number of benzene rings is 2. The summed E-state index contributed by atoms with van der Waals surface area (Å²) in [7, 11) is 0. The first-order chi connectivity index (χ1) is 14.6. The summed E-state index contributed by atoms with van der Waals surface area (Å²) in [6.07, 6.45) is 3.38. The van der Waals surface area contributed by atoms with E-state index >= 15 is 0 Å². The Bertz CT molecular complexity index is 1050. The summed E-state index contributed by atoms with van der Waals surface area (Å²) >= 11 is 0. The zero-order valence-electron chi connectivity index (χ0n) is 17.6. The van der Waals surface area contributed by atoms with Gasteiger partial charge in [0.25, 0.3) is 0 Å². The topological polar surface area (TPSA) is 48.5 Å². The summed E-state index contributed by atoms with van der Waals surface area (Å²) in [4.78, 5) is 21.9. The van der Waals surface area contributed by atoms with Gasteiger partial charge in [0, 0.05) is 43.3 Å². The molecule has 1 N–H and O–H groups in total. The Balaban J connectivity index is 1.42. The number of fused-ring (bicyclic) bond motifs is 1. The van der Waals surface area contributed by atoms with Gasteiger partial charge in [-0.15, -0.1) is 0 Å². The largest absolute Gasteiger partial charge is 0.354 e. The lowest BCUT2D eigenvalue weighted by molar-refractivity contribution is -0.111. The van der Waals surface area contributed by atoms with Gasteiger partial charge in [-0.3, -0.25) is 4.79 Å². The highest BCUT2D eigenvalue weighted by atomic mass is 16.1. The highest BCUT2D eigenvalue weighted by Gasteiger charge is 2.16. The molecule has 1 aromatic heterocycles. The van der Waals surface area contributed by atoms with Gasteiger partial charge in [-0.2, -0.15) is 0 Å². The van der Waals surface area contributed by atoms with Gasteiger partial charge in [0.15, 0.2) is 0 Å². The second kappa shape index (κ2) is 9.09. The summed E-state index contributed by atoms with van der Waals surface area (Å²) in [5.74, 6) is 0.879. The van der Waals surface area contributed by atoms with E-state index in [9.17, 15) is 4.79 Å². The number of aromatic nitrogens is 1. The van der Waals surface area contributed by atoms with Crippen LogP contribution >= 0.6 is 0 Å². The van der Waals surface area contributed by atoms with Gasteiger partial charge >= 0.3 is 0 Å². The number of nitrogens with one attached hydrogen (secondary N) is 1. The van der Waals surface area contributed by atoms with Crippen LogP contribution in [0.2, 0.25) is 0 Å². The quantitative estimate of drug-likeness (QED) is 0.648. The fourth-order valence-electron chi connectivity index (χ4n) is 3.70. The first-order valence-electron chi connectivity index (χ1n) is 10.5. The Morgan fingerprint density at radius 1 is 1.03 bits per heavy atom. The van der Waals surface area contributed by atoms with Crippen molar-refractivity contribution in [3.63, 3.8) is 0 Å². The molecule has 0 unspecified atom stereocenters. The summed E-state index contributed by atoms with van der Waals surface area (Å²) in [5.41, 5.74) is 3.92. The van der Waals surface area contributed by atoms with Crippen LogP contribution in [0.4, 0.5) is 11.5 Å². The SMILES string of the molecule is CCN1CCN(c2ccc3cc(NC(=O)C=Cc4ccc(C)cc4)ccc3n2)CC1. The van der Waals surface area contributed by atoms with E-state index < -0.39 is 0 Å². The summed E-state index contributed by atoms with van der Waals surface area (Å²) in [5, 5.41) is 3.96. The third-order valence-electron chi connectivity index (χ3n) is 5.59. The lowest BCUT2D eigenvalue weighted by atomic mass is 10.1. The fourth-order valence-corrected chi connectivity index (χ4v) is 3.70. The fraction of sp³-hybridized carbons (Fsp3) is 0.280. The monoisotopic (exact) mass is 400 g/mol. The summed E-state index contributed by atoms with van der Waals surface area (Å²) in [6, 6.07) is 18.1. The predicted molar refractivity (Wildman–Crippen MR) is 125 cm³/mol. The molecular weight excluding hydrogens is 372 g/mol. The third kappa shape index (κ3) is 4.86. The van der Waals surface area contributed by atoms with Crippen LogP contribution < -0.4 is 10.2 Å². The number of likely N-dealkylation sites (N-methyl/N-ethyl adjacent to an activating group) is 1. The Morgan fingerprint density at radius 3 is 2.53 bits per heavy atom. The van der Waals surface area contributed by atoms with Crippen molar-refractivity contribution < 1.29 is 4.79 Å². The minimum Gasteiger partial charge on any atom is -0.354 e. The highest BCUT2D eigenvalue weighted by molar-refractivity contribution is 6.03. The molecule has 4 rings (SSSR count). The summed E-state index contributed by atoms with van der Waals surface area (Å²) < 4.78 is 0. The van der Waals surface area contributed by atoms with Crippen LogP contribution in [0.25, 0.3) is 17.0 Å². The molecule has 0 aliphatic carbocycles. The van der Waals surface area contributed by atoms with Crippen molar-refractivity contribution in [1.29, 1.82) is 0 Å². The lowest BCUT2D eigenvalue weighted by Crippen LogP contribution is -2.46. The number of aryl methyl sites for hydroxylation is 1. The van der Waals surface area contributed by atoms with Gasteiger partial charge in [0.05, 0.1) is 5.52 Å². The van der Waals surface area contributed by atoms with E-state index in [2.05, 4.69) is 34.2 Å². The van der Waals surface area contributed by atoms with Crippen LogP contribution in [0, 0.1) is 6.92 Å². The molecule has 154 valence electrons. The van der Waals surface area contributed by atoms with Crippen molar-refractivity contribution in [3.8, 4) is 0 Å². The van der Waals surface area contributed by atoms with E-state index in [1.54, 1.807) is 6.08 Å². The number of nitrogens with zero attached hydrogens (tertiary/aromatic N) is 3. The van der Waals surface area contributed by atoms with Crippen LogP contribution in [0.5, 0.6) is 0 Å². The number of anilines is 2. The third-order valence-corrected chi connectivity index (χ3v) is 5.59. The maximum absolute atomic E-state index is 12.3. The number of rotatable bonds is 5. The van der Waals surface area contributed by atoms with Crippen molar-refractivity contribution in [2.45, 2.75) is 13.8 Å². The van der Waals surface area contributed by atoms with Crippen molar-refractivity contribution in [2.75, 3.05) is 42.9 Å². The molecule has 1 amide bonds. The van der Waals surface area contributed by atoms with E-state index in [0.29, 0.717) is 0 Å². The molecule has 2 heterocycles. The number of piperazine rings is 1. The Hall–Kier alpha value is -3.18. The van der Waals surface area contributed by atoms with E-state index in [1.807, 2.05) is 55.5 Å². The van der Waals surface area contributed by atoms with Crippen molar-refractivity contribution >= 4 is 34.4 Å². The molecule has 30 heavy (non-hydrogen) atoms. The van der Waals surface area contributed by atoms with Gasteiger partial charge in [-0.1, -0.05) is 36.8 Å². The van der Waals surface area contributed by atoms with Gasteiger partial charge < -0.3 is 15.1 Å². The Labute approximate surface area is 178 Å². The zero-order valence-corrected chi connectivity index (χ0v) is 17.6. The highest BCUT2D eigenvalue weighted by Crippen LogP contribution is 2.22. The first-order valence-corrected chi connectivity index (χ1v) is 10.5. The lowest BCUT2D eigenvalue weighted by Gasteiger charge is -2.34. The molecule has 0 saturated carbocycles. The minimum atomic E-state index is -0.145. The van der Waals surface area contributed by atoms with Crippen molar-refractivity contribution in [3.05, 3.63) is 71.8 Å². The smallest absolute Gasteiger partial charge is 0.248 e. The molecule has 1 saturated heterocycles. The van der Waals surface area contributed by atoms with Gasteiger partial charge in [-0.05, 0) is 55.4 Å². The number of amides is 1. The van der Waals surface area contributed by atoms with Gasteiger partial charge in [0.1, 0.15) is 5.82 Å². The van der Waals surface area contributed by atoms with E-state index in [4.69, 9.17) is 4.98 Å².